The molecule has 3 rings (SSSR count). The molecule has 26 heavy (non-hydrogen) atoms. The van der Waals surface area contributed by atoms with E-state index in [1.807, 2.05) is 30.3 Å². The van der Waals surface area contributed by atoms with Gasteiger partial charge in [0.1, 0.15) is 5.82 Å². The molecule has 1 N–H and O–H groups in total. The fourth-order valence-corrected chi connectivity index (χ4v) is 3.62. The van der Waals surface area contributed by atoms with Crippen molar-refractivity contribution < 1.29 is 4.79 Å². The molecule has 2 aromatic heterocycles. The lowest BCUT2D eigenvalue weighted by Gasteiger charge is -2.19. The van der Waals surface area contributed by atoms with E-state index in [1.54, 1.807) is 28.3 Å². The van der Waals surface area contributed by atoms with E-state index in [-0.39, 0.29) is 5.91 Å². The molecule has 1 aromatic carbocycles. The number of anilines is 1. The Kier molecular flexibility index (Phi) is 6.44. The molecule has 5 nitrogen and oxygen atoms in total. The lowest BCUT2D eigenvalue weighted by molar-refractivity contribution is -0.117. The number of likely N-dealkylation sites (N-methyl/N-ethyl adjacent to an activating group) is 1. The van der Waals surface area contributed by atoms with Crippen LogP contribution in [0.5, 0.6) is 0 Å². The number of nitrogens with one attached hydrogen (secondary N) is 1. The van der Waals surface area contributed by atoms with E-state index in [9.17, 15) is 4.79 Å². The van der Waals surface area contributed by atoms with Gasteiger partial charge in [-0.25, -0.2) is 4.68 Å². The summed E-state index contributed by atoms with van der Waals surface area (Å²) < 4.78 is 1.76. The highest BCUT2D eigenvalue weighted by Gasteiger charge is 2.13. The number of hydrogen-bond acceptors (Lipinski definition) is 4. The van der Waals surface area contributed by atoms with E-state index in [1.165, 1.54) is 4.88 Å². The first kappa shape index (κ1) is 18.6. The van der Waals surface area contributed by atoms with E-state index in [2.05, 4.69) is 33.7 Å². The molecule has 0 saturated carbocycles. The zero-order valence-corrected chi connectivity index (χ0v) is 16.1. The van der Waals surface area contributed by atoms with Gasteiger partial charge in [0.05, 0.1) is 19.3 Å². The third kappa shape index (κ3) is 5.17. The highest BCUT2D eigenvalue weighted by molar-refractivity contribution is 7.09. The van der Waals surface area contributed by atoms with Crippen molar-refractivity contribution in [2.75, 3.05) is 18.4 Å². The molecule has 0 radical (unpaired) electrons. The fraction of sp³-hybridized carbons (Fsp3) is 0.263. The first-order valence-electron chi connectivity index (χ1n) is 8.45. The van der Waals surface area contributed by atoms with E-state index in [4.69, 9.17) is 11.6 Å². The summed E-state index contributed by atoms with van der Waals surface area (Å²) in [6.45, 7) is 4.55. The number of nitrogens with zero attached hydrogens (tertiary/aromatic N) is 3. The molecule has 7 heteroatoms. The Labute approximate surface area is 162 Å². The summed E-state index contributed by atoms with van der Waals surface area (Å²) in [6.07, 6.45) is 1.68. The van der Waals surface area contributed by atoms with Crippen LogP contribution in [0.1, 0.15) is 17.4 Å². The summed E-state index contributed by atoms with van der Waals surface area (Å²) in [4.78, 5) is 15.8. The minimum atomic E-state index is -0.0451. The molecule has 3 aromatic rings. The van der Waals surface area contributed by atoms with Gasteiger partial charge >= 0.3 is 0 Å². The van der Waals surface area contributed by atoms with Gasteiger partial charge in [0.15, 0.2) is 0 Å². The Hall–Kier alpha value is -2.15. The predicted octanol–water partition coefficient (Wildman–Crippen LogP) is 4.11. The van der Waals surface area contributed by atoms with E-state index < -0.39 is 0 Å². The third-order valence-corrected chi connectivity index (χ3v) is 5.08. The number of rotatable bonds is 8. The summed E-state index contributed by atoms with van der Waals surface area (Å²) in [5.41, 5.74) is 1.03. The molecule has 0 aliphatic carbocycles. The van der Waals surface area contributed by atoms with Gasteiger partial charge in [0, 0.05) is 22.5 Å². The first-order chi connectivity index (χ1) is 12.6. The van der Waals surface area contributed by atoms with Crippen molar-refractivity contribution in [1.29, 1.82) is 0 Å². The Morgan fingerprint density at radius 1 is 1.31 bits per heavy atom. The smallest absolute Gasteiger partial charge is 0.239 e. The largest absolute Gasteiger partial charge is 0.310 e. The first-order valence-corrected chi connectivity index (χ1v) is 9.70. The van der Waals surface area contributed by atoms with Crippen molar-refractivity contribution in [3.8, 4) is 0 Å². The Balaban J connectivity index is 1.60. The van der Waals surface area contributed by atoms with Gasteiger partial charge in [-0.05, 0) is 35.7 Å². The van der Waals surface area contributed by atoms with Crippen molar-refractivity contribution in [3.63, 3.8) is 0 Å². The van der Waals surface area contributed by atoms with E-state index in [0.717, 1.165) is 18.7 Å². The number of amides is 1. The fourth-order valence-electron chi connectivity index (χ4n) is 2.66. The van der Waals surface area contributed by atoms with Crippen molar-refractivity contribution in [2.24, 2.45) is 0 Å². The van der Waals surface area contributed by atoms with E-state index in [0.29, 0.717) is 23.9 Å². The molecule has 0 aliphatic heterocycles. The molecular formula is C19H21ClN4OS. The van der Waals surface area contributed by atoms with Crippen LogP contribution < -0.4 is 5.32 Å². The maximum Gasteiger partial charge on any atom is 0.239 e. The molecule has 0 spiro atoms. The van der Waals surface area contributed by atoms with Crippen molar-refractivity contribution >= 4 is 34.7 Å². The van der Waals surface area contributed by atoms with Gasteiger partial charge < -0.3 is 5.32 Å². The molecule has 0 fully saturated rings. The average molecular weight is 389 g/mol. The second kappa shape index (κ2) is 8.98. The number of carbonyl (C=O) groups excluding carboxylic acids is 1. The van der Waals surface area contributed by atoms with Gasteiger partial charge in [-0.15, -0.1) is 11.3 Å². The highest BCUT2D eigenvalue weighted by atomic mass is 35.5. The maximum absolute atomic E-state index is 12.5. The molecule has 0 saturated heterocycles. The predicted molar refractivity (Wildman–Crippen MR) is 107 cm³/mol. The molecule has 0 unspecified atom stereocenters. The lowest BCUT2D eigenvalue weighted by Crippen LogP contribution is -2.33. The zero-order valence-electron chi connectivity index (χ0n) is 14.6. The number of hydrogen-bond donors (Lipinski definition) is 1. The molecule has 136 valence electrons. The molecule has 2 heterocycles. The number of aromatic nitrogens is 2. The third-order valence-electron chi connectivity index (χ3n) is 3.98. The number of carbonyl (C=O) groups is 1. The Bertz CT molecular complexity index is 847. The monoisotopic (exact) mass is 388 g/mol. The Morgan fingerprint density at radius 2 is 2.19 bits per heavy atom. The number of benzene rings is 1. The van der Waals surface area contributed by atoms with Gasteiger partial charge in [-0.2, -0.15) is 5.10 Å². The molecule has 0 aliphatic rings. The van der Waals surface area contributed by atoms with Crippen LogP contribution in [0.25, 0.3) is 0 Å². The summed E-state index contributed by atoms with van der Waals surface area (Å²) in [6, 6.07) is 13.5. The van der Waals surface area contributed by atoms with Crippen LogP contribution in [0.3, 0.4) is 0 Å². The van der Waals surface area contributed by atoms with Gasteiger partial charge in [0.25, 0.3) is 0 Å². The van der Waals surface area contributed by atoms with Crippen LogP contribution in [0.2, 0.25) is 5.02 Å². The van der Waals surface area contributed by atoms with Crippen LogP contribution in [0.4, 0.5) is 5.82 Å². The quantitative estimate of drug-likeness (QED) is 0.631. The maximum atomic E-state index is 12.5. The van der Waals surface area contributed by atoms with Gasteiger partial charge in [0.2, 0.25) is 5.91 Å². The molecule has 0 atom stereocenters. The molecule has 0 bridgehead atoms. The molecule has 1 amide bonds. The summed E-state index contributed by atoms with van der Waals surface area (Å²) >= 11 is 7.74. The van der Waals surface area contributed by atoms with Crippen molar-refractivity contribution in [3.05, 3.63) is 69.5 Å². The van der Waals surface area contributed by atoms with Crippen molar-refractivity contribution in [1.82, 2.24) is 14.7 Å². The van der Waals surface area contributed by atoms with Crippen LogP contribution in [-0.4, -0.2) is 33.7 Å². The van der Waals surface area contributed by atoms with Gasteiger partial charge in [-0.3, -0.25) is 9.69 Å². The molecular weight excluding hydrogens is 368 g/mol. The summed E-state index contributed by atoms with van der Waals surface area (Å²) in [7, 11) is 0. The second-order valence-corrected chi connectivity index (χ2v) is 7.40. The SMILES string of the molecule is CCN(CC(=O)Nc1ccnn1Cc1cccc(Cl)c1)Cc1cccs1. The second-order valence-electron chi connectivity index (χ2n) is 5.93. The minimum Gasteiger partial charge on any atom is -0.310 e. The van der Waals surface area contributed by atoms with E-state index >= 15 is 0 Å². The van der Waals surface area contributed by atoms with Crippen LogP contribution in [0.15, 0.2) is 54.0 Å². The van der Waals surface area contributed by atoms with Gasteiger partial charge in [-0.1, -0.05) is 36.7 Å². The highest BCUT2D eigenvalue weighted by Crippen LogP contribution is 2.15. The lowest BCUT2D eigenvalue weighted by atomic mass is 10.2. The van der Waals surface area contributed by atoms with Crippen LogP contribution in [-0.2, 0) is 17.9 Å². The summed E-state index contributed by atoms with van der Waals surface area (Å²) in [5, 5.41) is 10.0. The zero-order chi connectivity index (χ0) is 18.4. The topological polar surface area (TPSA) is 50.2 Å². The number of thiophene rings is 1. The Morgan fingerprint density at radius 3 is 2.92 bits per heavy atom. The summed E-state index contributed by atoms with van der Waals surface area (Å²) in [5.74, 6) is 0.637. The van der Waals surface area contributed by atoms with Crippen molar-refractivity contribution in [2.45, 2.75) is 20.0 Å². The standard InChI is InChI=1S/C19H21ClN4OS/c1-2-23(13-17-7-4-10-26-17)14-19(25)22-18-8-9-21-24(18)12-15-5-3-6-16(20)11-15/h3-11H,2,12-14H2,1H3,(H,22,25). The normalized spacial score (nSPS) is 11.0. The number of halogens is 1. The minimum absolute atomic E-state index is 0.0451. The average Bonchev–Trinajstić information content (AvgIpc) is 3.27. The van der Waals surface area contributed by atoms with Crippen LogP contribution >= 0.6 is 22.9 Å². The van der Waals surface area contributed by atoms with Crippen LogP contribution in [0, 0.1) is 0 Å².